The van der Waals surface area contributed by atoms with Gasteiger partial charge in [-0.1, -0.05) is 5.16 Å². The highest BCUT2D eigenvalue weighted by Gasteiger charge is 2.28. The van der Waals surface area contributed by atoms with Crippen molar-refractivity contribution in [3.05, 3.63) is 54.0 Å². The van der Waals surface area contributed by atoms with E-state index in [0.29, 0.717) is 23.1 Å². The fourth-order valence-electron chi connectivity index (χ4n) is 2.60. The van der Waals surface area contributed by atoms with Gasteiger partial charge < -0.3 is 20.1 Å². The predicted octanol–water partition coefficient (Wildman–Crippen LogP) is 3.40. The minimum atomic E-state index is -0.282. The molecule has 0 radical (unpaired) electrons. The second-order valence-electron chi connectivity index (χ2n) is 6.74. The molecule has 0 atom stereocenters. The molecule has 2 N–H and O–H groups in total. The molecule has 8 nitrogen and oxygen atoms in total. The third kappa shape index (κ3) is 4.05. The molecule has 8 heteroatoms. The van der Waals surface area contributed by atoms with Crippen molar-refractivity contribution >= 4 is 28.8 Å². The summed E-state index contributed by atoms with van der Waals surface area (Å²) in [4.78, 5) is 14.2. The maximum Gasteiger partial charge on any atom is 0.277 e. The molecule has 0 unspecified atom stereocenters. The molecule has 2 aromatic heterocycles. The van der Waals surface area contributed by atoms with Crippen LogP contribution in [0.15, 0.2) is 47.1 Å². The Bertz CT molecular complexity index is 947. The van der Waals surface area contributed by atoms with Gasteiger partial charge in [-0.25, -0.2) is 0 Å². The SMILES string of the molecule is CN(C)c1cnnc(Nc2ccc(NC(=O)c3cc(C4CC4)on3)cc2)c1. The van der Waals surface area contributed by atoms with Crippen molar-refractivity contribution in [1.29, 1.82) is 0 Å². The Balaban J connectivity index is 1.39. The number of aromatic nitrogens is 3. The number of anilines is 4. The van der Waals surface area contributed by atoms with Crippen LogP contribution in [0.3, 0.4) is 0 Å². The molecule has 27 heavy (non-hydrogen) atoms. The van der Waals surface area contributed by atoms with E-state index >= 15 is 0 Å². The van der Waals surface area contributed by atoms with Crippen LogP contribution < -0.4 is 15.5 Å². The molecule has 1 amide bonds. The van der Waals surface area contributed by atoms with Gasteiger partial charge >= 0.3 is 0 Å². The van der Waals surface area contributed by atoms with E-state index in [2.05, 4.69) is 26.0 Å². The lowest BCUT2D eigenvalue weighted by atomic mass is 10.2. The first-order valence-corrected chi connectivity index (χ1v) is 8.73. The summed E-state index contributed by atoms with van der Waals surface area (Å²) in [5.74, 6) is 1.59. The van der Waals surface area contributed by atoms with Gasteiger partial charge in [-0.05, 0) is 37.1 Å². The zero-order chi connectivity index (χ0) is 18.8. The first kappa shape index (κ1) is 17.0. The largest absolute Gasteiger partial charge is 0.376 e. The van der Waals surface area contributed by atoms with E-state index in [1.807, 2.05) is 49.3 Å². The maximum absolute atomic E-state index is 12.3. The van der Waals surface area contributed by atoms with Gasteiger partial charge in [0.2, 0.25) is 0 Å². The second-order valence-corrected chi connectivity index (χ2v) is 6.74. The lowest BCUT2D eigenvalue weighted by molar-refractivity contribution is 0.101. The molecule has 1 aliphatic rings. The Hall–Kier alpha value is -3.42. The number of amides is 1. The molecular weight excluding hydrogens is 344 g/mol. The molecule has 4 rings (SSSR count). The molecule has 0 aliphatic heterocycles. The highest BCUT2D eigenvalue weighted by atomic mass is 16.5. The van der Waals surface area contributed by atoms with Crippen LogP contribution >= 0.6 is 0 Å². The number of hydrogen-bond donors (Lipinski definition) is 2. The Labute approximate surface area is 156 Å². The Morgan fingerprint density at radius 2 is 1.89 bits per heavy atom. The molecule has 138 valence electrons. The number of nitrogens with zero attached hydrogens (tertiary/aromatic N) is 4. The molecule has 1 aromatic carbocycles. The average molecular weight is 364 g/mol. The van der Waals surface area contributed by atoms with Gasteiger partial charge in [0.25, 0.3) is 5.91 Å². The van der Waals surface area contributed by atoms with Gasteiger partial charge in [0, 0.05) is 43.5 Å². The molecular formula is C19H20N6O2. The van der Waals surface area contributed by atoms with Crippen molar-refractivity contribution in [1.82, 2.24) is 15.4 Å². The zero-order valence-corrected chi connectivity index (χ0v) is 15.1. The van der Waals surface area contributed by atoms with Crippen molar-refractivity contribution in [2.75, 3.05) is 29.6 Å². The summed E-state index contributed by atoms with van der Waals surface area (Å²) in [6, 6.07) is 11.0. The molecule has 1 aliphatic carbocycles. The molecule has 1 saturated carbocycles. The Morgan fingerprint density at radius 3 is 2.59 bits per heavy atom. The molecule has 1 fully saturated rings. The first-order chi connectivity index (χ1) is 13.1. The normalized spacial score (nSPS) is 13.3. The lowest BCUT2D eigenvalue weighted by Crippen LogP contribution is -2.12. The fraction of sp³-hybridized carbons (Fsp3) is 0.263. The van der Waals surface area contributed by atoms with Gasteiger partial charge in [0.15, 0.2) is 11.5 Å². The van der Waals surface area contributed by atoms with Crippen molar-refractivity contribution in [2.24, 2.45) is 0 Å². The van der Waals surface area contributed by atoms with E-state index in [1.165, 1.54) is 0 Å². The number of carbonyl (C=O) groups excluding carboxylic acids is 1. The number of nitrogens with one attached hydrogen (secondary N) is 2. The van der Waals surface area contributed by atoms with E-state index in [4.69, 9.17) is 4.52 Å². The summed E-state index contributed by atoms with van der Waals surface area (Å²) < 4.78 is 5.22. The number of carbonyl (C=O) groups is 1. The van der Waals surface area contributed by atoms with Gasteiger partial charge in [-0.3, -0.25) is 4.79 Å². The van der Waals surface area contributed by atoms with Crippen LogP contribution in [0, 0.1) is 0 Å². The average Bonchev–Trinajstić information content (AvgIpc) is 3.40. The molecule has 0 bridgehead atoms. The van der Waals surface area contributed by atoms with Crippen LogP contribution in [0.2, 0.25) is 0 Å². The molecule has 3 aromatic rings. The number of rotatable bonds is 6. The fourth-order valence-corrected chi connectivity index (χ4v) is 2.60. The van der Waals surface area contributed by atoms with E-state index in [-0.39, 0.29) is 5.91 Å². The summed E-state index contributed by atoms with van der Waals surface area (Å²) in [6.07, 6.45) is 3.90. The van der Waals surface area contributed by atoms with Crippen molar-refractivity contribution in [3.63, 3.8) is 0 Å². The summed E-state index contributed by atoms with van der Waals surface area (Å²) in [5, 5.41) is 17.9. The molecule has 0 saturated heterocycles. The Kier molecular flexibility index (Phi) is 4.45. The van der Waals surface area contributed by atoms with Crippen LogP contribution in [0.4, 0.5) is 22.9 Å². The first-order valence-electron chi connectivity index (χ1n) is 8.73. The van der Waals surface area contributed by atoms with Crippen LogP contribution in [0.1, 0.15) is 35.0 Å². The minimum Gasteiger partial charge on any atom is -0.376 e. The van der Waals surface area contributed by atoms with Gasteiger partial charge in [0.05, 0.1) is 11.9 Å². The summed E-state index contributed by atoms with van der Waals surface area (Å²) in [6.45, 7) is 0. The summed E-state index contributed by atoms with van der Waals surface area (Å²) in [7, 11) is 3.89. The van der Waals surface area contributed by atoms with E-state index in [1.54, 1.807) is 12.3 Å². The van der Waals surface area contributed by atoms with Crippen LogP contribution in [-0.4, -0.2) is 35.4 Å². The van der Waals surface area contributed by atoms with Gasteiger partial charge in [0.1, 0.15) is 5.76 Å². The molecule has 0 spiro atoms. The minimum absolute atomic E-state index is 0.282. The molecule has 2 heterocycles. The number of benzene rings is 1. The summed E-state index contributed by atoms with van der Waals surface area (Å²) in [5.41, 5.74) is 2.77. The third-order valence-electron chi connectivity index (χ3n) is 4.31. The lowest BCUT2D eigenvalue weighted by Gasteiger charge is -2.13. The van der Waals surface area contributed by atoms with Crippen LogP contribution in [0.25, 0.3) is 0 Å². The standard InChI is InChI=1S/C19H20N6O2/c1-25(2)15-9-18(23-20-11-15)21-13-5-7-14(8-6-13)22-19(26)16-10-17(27-24-16)12-3-4-12/h5-12H,3-4H2,1-2H3,(H,21,23)(H,22,26). The quantitative estimate of drug-likeness (QED) is 0.692. The maximum atomic E-state index is 12.3. The van der Waals surface area contributed by atoms with Crippen LogP contribution in [-0.2, 0) is 0 Å². The van der Waals surface area contributed by atoms with E-state index < -0.39 is 0 Å². The van der Waals surface area contributed by atoms with Crippen molar-refractivity contribution in [2.45, 2.75) is 18.8 Å². The van der Waals surface area contributed by atoms with Crippen LogP contribution in [0.5, 0.6) is 0 Å². The Morgan fingerprint density at radius 1 is 1.15 bits per heavy atom. The third-order valence-corrected chi connectivity index (χ3v) is 4.31. The van der Waals surface area contributed by atoms with Crippen molar-refractivity contribution < 1.29 is 9.32 Å². The second kappa shape index (κ2) is 7.06. The topological polar surface area (TPSA) is 96.2 Å². The predicted molar refractivity (Wildman–Crippen MR) is 103 cm³/mol. The van der Waals surface area contributed by atoms with Gasteiger partial charge in [-0.15, -0.1) is 5.10 Å². The summed E-state index contributed by atoms with van der Waals surface area (Å²) >= 11 is 0. The highest BCUT2D eigenvalue weighted by molar-refractivity contribution is 6.02. The van der Waals surface area contributed by atoms with E-state index in [9.17, 15) is 4.79 Å². The van der Waals surface area contributed by atoms with Crippen molar-refractivity contribution in [3.8, 4) is 0 Å². The van der Waals surface area contributed by atoms with E-state index in [0.717, 1.165) is 30.0 Å². The smallest absolute Gasteiger partial charge is 0.277 e. The highest BCUT2D eigenvalue weighted by Crippen LogP contribution is 2.40. The number of hydrogen-bond acceptors (Lipinski definition) is 7. The van der Waals surface area contributed by atoms with Gasteiger partial charge in [-0.2, -0.15) is 5.10 Å². The monoisotopic (exact) mass is 364 g/mol. The zero-order valence-electron chi connectivity index (χ0n) is 15.1.